The maximum absolute atomic E-state index is 14.6. The average molecular weight is 347 g/mol. The minimum atomic E-state index is -2.17. The van der Waals surface area contributed by atoms with Crippen molar-refractivity contribution in [2.75, 3.05) is 6.61 Å². The van der Waals surface area contributed by atoms with Crippen LogP contribution in [0.3, 0.4) is 0 Å². The van der Waals surface area contributed by atoms with Crippen molar-refractivity contribution in [2.45, 2.75) is 51.6 Å². The van der Waals surface area contributed by atoms with Gasteiger partial charge in [-0.3, -0.25) is 0 Å². The quantitative estimate of drug-likeness (QED) is 0.805. The Kier molecular flexibility index (Phi) is 6.83. The molecule has 3 atom stereocenters. The molecule has 7 heteroatoms. The molecule has 0 aliphatic carbocycles. The minimum absolute atomic E-state index is 0.00460. The lowest BCUT2D eigenvalue weighted by Gasteiger charge is -2.26. The molecule has 0 spiro atoms. The Balaban J connectivity index is 3.23. The number of alkyl halides is 1. The van der Waals surface area contributed by atoms with Gasteiger partial charge < -0.3 is 4.74 Å². The van der Waals surface area contributed by atoms with Gasteiger partial charge in [0.2, 0.25) is 6.17 Å². The lowest BCUT2D eigenvalue weighted by atomic mass is 10.0. The third kappa shape index (κ3) is 5.35. The molecule has 0 aliphatic heterocycles. The molecular formula is C16H23F2NO3S. The van der Waals surface area contributed by atoms with E-state index in [0.29, 0.717) is 5.56 Å². The fraction of sp³-hybridized carbons (Fsp3) is 0.562. The van der Waals surface area contributed by atoms with Crippen LogP contribution in [-0.4, -0.2) is 27.7 Å². The molecule has 0 saturated heterocycles. The van der Waals surface area contributed by atoms with E-state index in [1.165, 1.54) is 18.2 Å². The fourth-order valence-electron chi connectivity index (χ4n) is 1.83. The normalized spacial score (nSPS) is 15.8. The van der Waals surface area contributed by atoms with E-state index < -0.39 is 39.7 Å². The number of benzene rings is 1. The second kappa shape index (κ2) is 7.97. The SMILES string of the molecule is CCOC(=O)[C@H](F)[C@@H](N[S@](=O)C(C)(C)C)c1cc(C)ccc1F. The molecule has 4 nitrogen and oxygen atoms in total. The van der Waals surface area contributed by atoms with Gasteiger partial charge in [-0.2, -0.15) is 0 Å². The number of carbonyl (C=O) groups excluding carboxylic acids is 1. The van der Waals surface area contributed by atoms with Gasteiger partial charge in [0.15, 0.2) is 0 Å². The smallest absolute Gasteiger partial charge is 0.342 e. The van der Waals surface area contributed by atoms with E-state index >= 15 is 0 Å². The van der Waals surface area contributed by atoms with Gasteiger partial charge in [-0.05, 0) is 40.7 Å². The average Bonchev–Trinajstić information content (AvgIpc) is 2.45. The first-order valence-corrected chi connectivity index (χ1v) is 8.47. The van der Waals surface area contributed by atoms with Gasteiger partial charge in [-0.25, -0.2) is 22.5 Å². The molecule has 1 rings (SSSR count). The largest absolute Gasteiger partial charge is 0.464 e. The van der Waals surface area contributed by atoms with Gasteiger partial charge in [-0.15, -0.1) is 0 Å². The summed E-state index contributed by atoms with van der Waals surface area (Å²) in [5.74, 6) is -1.79. The maximum Gasteiger partial charge on any atom is 0.342 e. The highest BCUT2D eigenvalue weighted by molar-refractivity contribution is 7.84. The number of esters is 1. The van der Waals surface area contributed by atoms with Gasteiger partial charge in [0.1, 0.15) is 5.82 Å². The monoisotopic (exact) mass is 347 g/mol. The summed E-state index contributed by atoms with van der Waals surface area (Å²) in [4.78, 5) is 11.7. The number of halogens is 2. The summed E-state index contributed by atoms with van der Waals surface area (Å²) in [6.07, 6.45) is -2.17. The molecule has 0 aromatic heterocycles. The molecule has 0 saturated carbocycles. The Labute approximate surface area is 138 Å². The summed E-state index contributed by atoms with van der Waals surface area (Å²) in [5, 5.41) is 0. The van der Waals surface area contributed by atoms with Crippen LogP contribution in [0.15, 0.2) is 18.2 Å². The number of nitrogens with one attached hydrogen (secondary N) is 1. The molecule has 0 unspecified atom stereocenters. The fourth-order valence-corrected chi connectivity index (χ4v) is 2.66. The predicted molar refractivity (Wildman–Crippen MR) is 86.4 cm³/mol. The number of aryl methyl sites for hydroxylation is 1. The lowest BCUT2D eigenvalue weighted by molar-refractivity contribution is -0.150. The maximum atomic E-state index is 14.6. The van der Waals surface area contributed by atoms with Gasteiger partial charge in [0.25, 0.3) is 0 Å². The molecular weight excluding hydrogens is 324 g/mol. The third-order valence-corrected chi connectivity index (χ3v) is 4.66. The van der Waals surface area contributed by atoms with Crippen LogP contribution in [0.25, 0.3) is 0 Å². The second-order valence-corrected chi connectivity index (χ2v) is 8.15. The molecule has 0 heterocycles. The first kappa shape index (κ1) is 19.7. The zero-order valence-corrected chi connectivity index (χ0v) is 14.8. The van der Waals surface area contributed by atoms with Crippen LogP contribution in [-0.2, 0) is 20.5 Å². The number of rotatable bonds is 6. The molecule has 0 bridgehead atoms. The van der Waals surface area contributed by atoms with E-state index in [0.717, 1.165) is 0 Å². The van der Waals surface area contributed by atoms with Crippen LogP contribution >= 0.6 is 0 Å². The van der Waals surface area contributed by atoms with Gasteiger partial charge in [0, 0.05) is 5.56 Å². The predicted octanol–water partition coefficient (Wildman–Crippen LogP) is 3.13. The van der Waals surface area contributed by atoms with Gasteiger partial charge in [0.05, 0.1) is 28.4 Å². The topological polar surface area (TPSA) is 55.4 Å². The zero-order valence-electron chi connectivity index (χ0n) is 14.0. The molecule has 0 fully saturated rings. The Morgan fingerprint density at radius 3 is 2.52 bits per heavy atom. The van der Waals surface area contributed by atoms with Crippen molar-refractivity contribution in [1.29, 1.82) is 0 Å². The van der Waals surface area contributed by atoms with E-state index in [9.17, 15) is 17.8 Å². The van der Waals surface area contributed by atoms with Crippen molar-refractivity contribution >= 4 is 17.0 Å². The molecule has 0 aliphatic rings. The summed E-state index contributed by atoms with van der Waals surface area (Å²) in [6, 6.07) is 2.76. The van der Waals surface area contributed by atoms with E-state index in [1.54, 1.807) is 34.6 Å². The Hall–Kier alpha value is -1.34. The van der Waals surface area contributed by atoms with Gasteiger partial charge >= 0.3 is 5.97 Å². The molecule has 23 heavy (non-hydrogen) atoms. The zero-order chi connectivity index (χ0) is 17.8. The summed E-state index contributed by atoms with van der Waals surface area (Å²) < 4.78 is 47.5. The molecule has 0 radical (unpaired) electrons. The van der Waals surface area contributed by atoms with E-state index in [1.807, 2.05) is 0 Å². The van der Waals surface area contributed by atoms with E-state index in [-0.39, 0.29) is 12.2 Å². The van der Waals surface area contributed by atoms with Crippen LogP contribution in [0.5, 0.6) is 0 Å². The molecule has 0 amide bonds. The summed E-state index contributed by atoms with van der Waals surface area (Å²) >= 11 is 0. The number of hydrogen-bond acceptors (Lipinski definition) is 3. The first-order valence-electron chi connectivity index (χ1n) is 7.32. The number of ether oxygens (including phenoxy) is 1. The van der Waals surface area contributed by atoms with Crippen LogP contribution in [0.2, 0.25) is 0 Å². The van der Waals surface area contributed by atoms with Crippen LogP contribution in [0.4, 0.5) is 8.78 Å². The number of hydrogen-bond donors (Lipinski definition) is 1. The lowest BCUT2D eigenvalue weighted by Crippen LogP contribution is -2.42. The Bertz CT molecular complexity index is 587. The minimum Gasteiger partial charge on any atom is -0.464 e. The van der Waals surface area contributed by atoms with Crippen molar-refractivity contribution in [2.24, 2.45) is 0 Å². The summed E-state index contributed by atoms with van der Waals surface area (Å²) in [6.45, 7) is 8.35. The number of carbonyl (C=O) groups is 1. The first-order chi connectivity index (χ1) is 10.6. The molecule has 1 aromatic carbocycles. The van der Waals surface area contributed by atoms with Crippen molar-refractivity contribution in [1.82, 2.24) is 4.72 Å². The Morgan fingerprint density at radius 1 is 1.39 bits per heavy atom. The standard InChI is InChI=1S/C16H23F2NO3S/c1-6-22-15(20)13(18)14(19-23(21)16(3,4)5)11-9-10(2)7-8-12(11)17/h7-9,13-14,19H,6H2,1-5H3/t13-,14+,23-/m1/s1. The van der Waals surface area contributed by atoms with Crippen LogP contribution < -0.4 is 4.72 Å². The second-order valence-electron chi connectivity index (χ2n) is 6.16. The van der Waals surface area contributed by atoms with E-state index in [4.69, 9.17) is 0 Å². The van der Waals surface area contributed by atoms with Crippen molar-refractivity contribution in [3.8, 4) is 0 Å². The van der Waals surface area contributed by atoms with Gasteiger partial charge in [-0.1, -0.05) is 17.7 Å². The highest BCUT2D eigenvalue weighted by Crippen LogP contribution is 2.26. The molecule has 1 aromatic rings. The Morgan fingerprint density at radius 2 is 2.00 bits per heavy atom. The summed E-state index contributed by atoms with van der Waals surface area (Å²) in [7, 11) is -1.69. The van der Waals surface area contributed by atoms with Crippen molar-refractivity contribution < 1.29 is 22.5 Å². The van der Waals surface area contributed by atoms with E-state index in [2.05, 4.69) is 9.46 Å². The highest BCUT2D eigenvalue weighted by Gasteiger charge is 2.35. The van der Waals surface area contributed by atoms with Crippen molar-refractivity contribution in [3.05, 3.63) is 35.1 Å². The van der Waals surface area contributed by atoms with Crippen molar-refractivity contribution in [3.63, 3.8) is 0 Å². The molecule has 1 N–H and O–H groups in total. The summed E-state index contributed by atoms with van der Waals surface area (Å²) in [5.41, 5.74) is 0.647. The van der Waals surface area contributed by atoms with Crippen LogP contribution in [0, 0.1) is 12.7 Å². The van der Waals surface area contributed by atoms with Crippen LogP contribution in [0.1, 0.15) is 44.9 Å². The third-order valence-electron chi connectivity index (χ3n) is 3.08. The highest BCUT2D eigenvalue weighted by atomic mass is 32.2. The molecule has 130 valence electrons.